The molecule has 2 aromatic rings. The van der Waals surface area contributed by atoms with Crippen molar-refractivity contribution in [1.29, 1.82) is 0 Å². The van der Waals surface area contributed by atoms with Crippen molar-refractivity contribution < 1.29 is 9.47 Å². The molecule has 0 aliphatic rings. The lowest BCUT2D eigenvalue weighted by Crippen LogP contribution is -2.00. The Bertz CT molecular complexity index is 1360. The van der Waals surface area contributed by atoms with Gasteiger partial charge in [0.2, 0.25) is 11.8 Å². The molecule has 33 heteroatoms. The molecule has 0 fully saturated rings. The first-order chi connectivity index (χ1) is 30.9. The van der Waals surface area contributed by atoms with Crippen LogP contribution in [-0.2, 0) is 0 Å². The third kappa shape index (κ3) is 32.0. The van der Waals surface area contributed by atoms with Crippen molar-refractivity contribution in [2.75, 3.05) is 13.2 Å². The molecule has 0 bridgehead atoms. The molecule has 17 atom stereocenters. The maximum Gasteiger partial charge on any atom is 0.233 e. The quantitative estimate of drug-likeness (QED) is 0.0500. The van der Waals surface area contributed by atoms with Crippen LogP contribution in [0.15, 0.2) is 0 Å². The van der Waals surface area contributed by atoms with Gasteiger partial charge in [-0.2, -0.15) is 0 Å². The second-order valence-corrected chi connectivity index (χ2v) is 124. The lowest BCUT2D eigenvalue weighted by Gasteiger charge is -2.50. The highest BCUT2D eigenvalue weighted by Crippen LogP contribution is 3.36. The third-order valence-corrected chi connectivity index (χ3v) is 188. The predicted molar refractivity (Wildman–Crippen MR) is 395 cm³/mol. The molecule has 0 N–H and O–H groups in total. The minimum atomic E-state index is -0.0251. The summed E-state index contributed by atoms with van der Waals surface area (Å²) in [6.07, 6.45) is 26.6. The fraction of sp³-hybridized carbons (Fsp3) is 0.812. The van der Waals surface area contributed by atoms with Gasteiger partial charge in [-0.3, -0.25) is 0 Å². The molecule has 2 aromatic heterocycles. The van der Waals surface area contributed by atoms with Crippen LogP contribution in [-0.4, -0.2) is 23.2 Å². The second kappa shape index (κ2) is 46.0. The van der Waals surface area contributed by atoms with E-state index in [1.807, 2.05) is 0 Å². The summed E-state index contributed by atoms with van der Waals surface area (Å²) in [4.78, 5) is 11.6. The SMILES string of the molecule is CCCCCCCCCCCCOc1nc(C)sc1-c1sc(C)nc1OCCCCCCCCCCCC.PPP(P)P(P(P(P)P)P(P)P)P(P(P(P)P)P(P)P)P(P(P)P)P(P)P. The number of aromatic nitrogens is 2. The van der Waals surface area contributed by atoms with Crippen molar-refractivity contribution in [2.45, 2.75) is 156 Å². The lowest BCUT2D eigenvalue weighted by atomic mass is 10.1. The molecule has 4 nitrogen and oxygen atoms in total. The largest absolute Gasteiger partial charge is 0.477 e. The molecule has 0 aromatic carbocycles. The van der Waals surface area contributed by atoms with Crippen molar-refractivity contribution in [1.82, 2.24) is 9.97 Å². The standard InChI is InChI=1S/C32H56N2O2S2.H29P27/c1-5-7-9-11-13-15-17-19-21-23-25-35-31-29(37-27(3)33-31)30-32(34-28(4)38-30)36-26-24-22-20-18-16-14-12-10-8-6-2;1-15-22(14)26(23(16(2)3)17(4)5)27(24(18(6)7)19(8)9)25(20(10)11)21(12)13/h5-26H2,1-4H3;15H,1-14H2. The Morgan fingerprint density at radius 1 is 0.400 bits per heavy atom. The van der Waals surface area contributed by atoms with Gasteiger partial charge in [0.1, 0.15) is 9.75 Å². The molecule has 2 rings (SSSR count). The Balaban J connectivity index is 0.000000692. The Kier molecular flexibility index (Phi) is 52.0. The van der Waals surface area contributed by atoms with Crippen molar-refractivity contribution in [3.63, 3.8) is 0 Å². The number of hydrogen-bond donors (Lipinski definition) is 0. The number of hydrogen-bond acceptors (Lipinski definition) is 6. The van der Waals surface area contributed by atoms with Crippen molar-refractivity contribution in [3.8, 4) is 21.5 Å². The molecular weight excluding hydrogens is 1340 g/mol. The van der Waals surface area contributed by atoms with Crippen LogP contribution in [0.5, 0.6) is 11.8 Å². The fourth-order valence-corrected chi connectivity index (χ4v) is 352. The van der Waals surface area contributed by atoms with E-state index in [9.17, 15) is 0 Å². The van der Waals surface area contributed by atoms with Crippen LogP contribution in [0.4, 0.5) is 0 Å². The van der Waals surface area contributed by atoms with Crippen LogP contribution in [0.1, 0.15) is 152 Å². The Labute approximate surface area is 455 Å². The Morgan fingerprint density at radius 3 is 0.923 bits per heavy atom. The molecule has 0 spiro atoms. The van der Waals surface area contributed by atoms with Gasteiger partial charge < -0.3 is 9.47 Å². The summed E-state index contributed by atoms with van der Waals surface area (Å²) in [5.41, 5.74) is 0. The molecule has 0 aliphatic carbocycles. The van der Waals surface area contributed by atoms with Crippen LogP contribution < -0.4 is 9.47 Å². The van der Waals surface area contributed by atoms with E-state index >= 15 is 0 Å². The van der Waals surface area contributed by atoms with E-state index in [0.717, 1.165) is 65.5 Å². The zero-order chi connectivity index (χ0) is 48.9. The Morgan fingerprint density at radius 2 is 0.662 bits per heavy atom. The zero-order valence-corrected chi connectivity index (χ0v) is 68.6. The molecular formula is C32H85N2O2P27S2. The molecule has 0 saturated heterocycles. The lowest BCUT2D eigenvalue weighted by molar-refractivity contribution is 0.291. The van der Waals surface area contributed by atoms with Gasteiger partial charge >= 0.3 is 0 Å². The first-order valence-electron chi connectivity index (χ1n) is 21.9. The normalized spacial score (nSPS) is 13.5. The first-order valence-corrected chi connectivity index (χ1v) is 72.1. The minimum absolute atomic E-state index is 0.0165. The summed E-state index contributed by atoms with van der Waals surface area (Å²) >= 11 is 3.38. The van der Waals surface area contributed by atoms with Gasteiger partial charge in [0.05, 0.1) is 23.2 Å². The van der Waals surface area contributed by atoms with E-state index in [0.29, 0.717) is 0 Å². The molecule has 0 radical (unpaired) electrons. The van der Waals surface area contributed by atoms with E-state index in [1.54, 1.807) is 22.7 Å². The summed E-state index contributed by atoms with van der Waals surface area (Å²) < 4.78 is 12.4. The average Bonchev–Trinajstić information content (AvgIpc) is 3.79. The zero-order valence-electron chi connectivity index (χ0n) is 39.0. The van der Waals surface area contributed by atoms with Gasteiger partial charge in [-0.05, 0) is 111 Å². The van der Waals surface area contributed by atoms with E-state index in [4.69, 9.17) is 19.4 Å². The van der Waals surface area contributed by atoms with E-state index in [1.165, 1.54) is 116 Å². The van der Waals surface area contributed by atoms with Crippen LogP contribution in [0.2, 0.25) is 0 Å². The van der Waals surface area contributed by atoms with Crippen LogP contribution >= 0.6 is 239 Å². The summed E-state index contributed by atoms with van der Waals surface area (Å²) in [5, 5.41) is 2.06. The number of nitrogens with zero attached hydrogens (tertiary/aromatic N) is 2. The molecule has 0 saturated carbocycles. The number of thiazole rings is 2. The number of aryl methyl sites for hydroxylation is 2. The predicted octanol–water partition coefficient (Wildman–Crippen LogP) is 27.0. The van der Waals surface area contributed by atoms with Gasteiger partial charge in [0.25, 0.3) is 0 Å². The molecule has 382 valence electrons. The molecule has 17 unspecified atom stereocenters. The minimum Gasteiger partial charge on any atom is -0.477 e. The van der Waals surface area contributed by atoms with E-state index in [2.05, 4.69) is 153 Å². The van der Waals surface area contributed by atoms with E-state index < -0.39 is 0 Å². The fourth-order valence-electron chi connectivity index (χ4n) is 6.24. The topological polar surface area (TPSA) is 44.2 Å². The van der Waals surface area contributed by atoms with Gasteiger partial charge in [-0.25, -0.2) is 9.97 Å². The third-order valence-electron chi connectivity index (χ3n) is 9.29. The van der Waals surface area contributed by atoms with Crippen molar-refractivity contribution in [2.24, 2.45) is 0 Å². The highest BCUT2D eigenvalue weighted by Gasteiger charge is 2.48. The van der Waals surface area contributed by atoms with Crippen LogP contribution in [0.25, 0.3) is 9.75 Å². The summed E-state index contributed by atoms with van der Waals surface area (Å²) in [6, 6.07) is 0. The van der Waals surface area contributed by atoms with Crippen LogP contribution in [0.3, 0.4) is 0 Å². The Hall–Kier alpha value is 10.5. The van der Waals surface area contributed by atoms with Gasteiger partial charge in [0, 0.05) is 0 Å². The summed E-state index contributed by atoms with van der Waals surface area (Å²) in [7, 11) is 46.6. The van der Waals surface area contributed by atoms with Gasteiger partial charge in [-0.1, -0.05) is 137 Å². The van der Waals surface area contributed by atoms with Crippen molar-refractivity contribution >= 4 is 239 Å². The number of ether oxygens (including phenoxy) is 2. The highest BCUT2D eigenvalue weighted by molar-refractivity contribution is 9.42. The monoisotopic (exact) mass is 1430 g/mol. The van der Waals surface area contributed by atoms with Crippen LogP contribution in [0, 0.1) is 13.8 Å². The summed E-state index contributed by atoms with van der Waals surface area (Å²) in [6.45, 7) is 10.5. The molecule has 0 amide bonds. The van der Waals surface area contributed by atoms with E-state index in [-0.39, 0.29) is 83.8 Å². The highest BCUT2D eigenvalue weighted by atomic mass is 33.5. The second-order valence-electron chi connectivity index (χ2n) is 14.9. The average molecular weight is 1430 g/mol. The van der Waals surface area contributed by atoms with Crippen molar-refractivity contribution in [3.05, 3.63) is 10.0 Å². The van der Waals surface area contributed by atoms with Gasteiger partial charge in [0.15, 0.2) is 0 Å². The first kappa shape index (κ1) is 73.5. The number of unbranched alkanes of at least 4 members (excludes halogenated alkanes) is 18. The van der Waals surface area contributed by atoms with Gasteiger partial charge in [-0.15, -0.1) is 148 Å². The smallest absolute Gasteiger partial charge is 0.233 e. The summed E-state index contributed by atoms with van der Waals surface area (Å²) in [5.74, 6) is 1.52. The number of rotatable bonds is 37. The molecule has 2 heterocycles. The molecule has 0 aliphatic heterocycles. The maximum absolute atomic E-state index is 6.18. The molecule has 65 heavy (non-hydrogen) atoms. The maximum atomic E-state index is 6.18.